The van der Waals surface area contributed by atoms with Crippen molar-refractivity contribution in [3.8, 4) is 5.75 Å². The summed E-state index contributed by atoms with van der Waals surface area (Å²) in [5.74, 6) is -0.599. The van der Waals surface area contributed by atoms with E-state index in [1.165, 1.54) is 18.2 Å². The van der Waals surface area contributed by atoms with E-state index in [4.69, 9.17) is 16.3 Å². The van der Waals surface area contributed by atoms with Gasteiger partial charge in [-0.2, -0.15) is 0 Å². The molecule has 0 saturated heterocycles. The van der Waals surface area contributed by atoms with Crippen LogP contribution in [-0.2, 0) is 13.2 Å². The fraction of sp³-hybridized carbons (Fsp3) is 0.200. The lowest BCUT2D eigenvalue weighted by Crippen LogP contribution is -2.07. The van der Waals surface area contributed by atoms with Gasteiger partial charge in [-0.1, -0.05) is 17.7 Å². The van der Waals surface area contributed by atoms with Crippen LogP contribution in [0.5, 0.6) is 5.75 Å². The van der Waals surface area contributed by atoms with Crippen LogP contribution in [0.25, 0.3) is 0 Å². The van der Waals surface area contributed by atoms with Gasteiger partial charge in [0.1, 0.15) is 24.0 Å². The van der Waals surface area contributed by atoms with Crippen LogP contribution in [0.4, 0.5) is 8.78 Å². The molecule has 0 spiro atoms. The van der Waals surface area contributed by atoms with Crippen LogP contribution in [0.3, 0.4) is 0 Å². The lowest BCUT2D eigenvalue weighted by molar-refractivity contribution is 0.298. The first kappa shape index (κ1) is 14.8. The largest absolute Gasteiger partial charge is 0.489 e. The number of rotatable bonds is 5. The van der Waals surface area contributed by atoms with Crippen molar-refractivity contribution in [3.63, 3.8) is 0 Å². The fourth-order valence-electron chi connectivity index (χ4n) is 1.78. The topological polar surface area (TPSA) is 21.3 Å². The average Bonchev–Trinajstić information content (AvgIpc) is 2.43. The van der Waals surface area contributed by atoms with Crippen molar-refractivity contribution < 1.29 is 13.5 Å². The molecule has 2 aromatic rings. The quantitative estimate of drug-likeness (QED) is 0.903. The van der Waals surface area contributed by atoms with E-state index in [-0.39, 0.29) is 17.4 Å². The maximum absolute atomic E-state index is 13.7. The predicted octanol–water partition coefficient (Wildman–Crippen LogP) is 3.92. The molecule has 0 radical (unpaired) electrons. The SMILES string of the molecule is CNCc1ccc(F)c(COc2ccc(Cl)c(F)c2)c1. The number of ether oxygens (including phenoxy) is 1. The van der Waals surface area contributed by atoms with Gasteiger partial charge in [0.25, 0.3) is 0 Å². The second-order valence-electron chi connectivity index (χ2n) is 4.32. The molecule has 0 aliphatic heterocycles. The van der Waals surface area contributed by atoms with E-state index in [1.807, 2.05) is 7.05 Å². The summed E-state index contributed by atoms with van der Waals surface area (Å²) < 4.78 is 32.3. The first-order valence-corrected chi connectivity index (χ1v) is 6.47. The highest BCUT2D eigenvalue weighted by molar-refractivity contribution is 6.30. The molecule has 2 nitrogen and oxygen atoms in total. The Bertz CT molecular complexity index is 604. The summed E-state index contributed by atoms with van der Waals surface area (Å²) >= 11 is 5.58. The molecule has 0 aromatic heterocycles. The highest BCUT2D eigenvalue weighted by atomic mass is 35.5. The highest BCUT2D eigenvalue weighted by Crippen LogP contribution is 2.22. The summed E-state index contributed by atoms with van der Waals surface area (Å²) in [5, 5.41) is 3.02. The molecule has 106 valence electrons. The zero-order chi connectivity index (χ0) is 14.5. The first-order valence-electron chi connectivity index (χ1n) is 6.10. The molecule has 1 N–H and O–H groups in total. The summed E-state index contributed by atoms with van der Waals surface area (Å²) in [6.07, 6.45) is 0. The first-order chi connectivity index (χ1) is 9.60. The standard InChI is InChI=1S/C15H14ClF2NO/c1-19-8-10-2-5-14(17)11(6-10)9-20-12-3-4-13(16)15(18)7-12/h2-7,19H,8-9H2,1H3. The molecule has 2 rings (SSSR count). The van der Waals surface area contributed by atoms with Gasteiger partial charge in [-0.15, -0.1) is 0 Å². The molecule has 20 heavy (non-hydrogen) atoms. The van der Waals surface area contributed by atoms with Crippen LogP contribution in [-0.4, -0.2) is 7.05 Å². The van der Waals surface area contributed by atoms with E-state index in [0.717, 1.165) is 5.56 Å². The molecule has 5 heteroatoms. The molecular formula is C15H14ClF2NO. The minimum absolute atomic E-state index is 0.0274. The molecule has 0 aliphatic rings. The van der Waals surface area contributed by atoms with Gasteiger partial charge in [0, 0.05) is 18.2 Å². The summed E-state index contributed by atoms with van der Waals surface area (Å²) in [7, 11) is 1.82. The minimum atomic E-state index is -0.562. The van der Waals surface area contributed by atoms with Crippen LogP contribution in [0.1, 0.15) is 11.1 Å². The van der Waals surface area contributed by atoms with Crippen LogP contribution in [0.15, 0.2) is 36.4 Å². The second kappa shape index (κ2) is 6.68. The van der Waals surface area contributed by atoms with Gasteiger partial charge in [0.2, 0.25) is 0 Å². The summed E-state index contributed by atoms with van der Waals surface area (Å²) in [6, 6.07) is 8.95. The summed E-state index contributed by atoms with van der Waals surface area (Å²) in [5.41, 5.74) is 1.38. The Labute approximate surface area is 121 Å². The molecule has 0 bridgehead atoms. The van der Waals surface area contributed by atoms with Crippen LogP contribution >= 0.6 is 11.6 Å². The molecule has 0 heterocycles. The van der Waals surface area contributed by atoms with Crippen molar-refractivity contribution >= 4 is 11.6 Å². The third-order valence-corrected chi connectivity index (χ3v) is 3.08. The Hall–Kier alpha value is -1.65. The normalized spacial score (nSPS) is 10.6. The van der Waals surface area contributed by atoms with Gasteiger partial charge in [-0.25, -0.2) is 8.78 Å². The van der Waals surface area contributed by atoms with E-state index in [0.29, 0.717) is 17.9 Å². The summed E-state index contributed by atoms with van der Waals surface area (Å²) in [4.78, 5) is 0. The van der Waals surface area contributed by atoms with Crippen molar-refractivity contribution in [1.82, 2.24) is 5.32 Å². The number of hydrogen-bond donors (Lipinski definition) is 1. The van der Waals surface area contributed by atoms with Gasteiger partial charge in [-0.05, 0) is 36.9 Å². The number of halogens is 3. The molecule has 0 atom stereocenters. The third-order valence-electron chi connectivity index (χ3n) is 2.78. The van der Waals surface area contributed by atoms with Gasteiger partial charge in [0.05, 0.1) is 5.02 Å². The lowest BCUT2D eigenvalue weighted by Gasteiger charge is -2.09. The lowest BCUT2D eigenvalue weighted by atomic mass is 10.1. The second-order valence-corrected chi connectivity index (χ2v) is 4.73. The van der Waals surface area contributed by atoms with Crippen LogP contribution in [0.2, 0.25) is 5.02 Å². The molecule has 0 aliphatic carbocycles. The summed E-state index contributed by atoms with van der Waals surface area (Å²) in [6.45, 7) is 0.674. The van der Waals surface area contributed by atoms with E-state index in [9.17, 15) is 8.78 Å². The van der Waals surface area contributed by atoms with E-state index in [1.54, 1.807) is 18.2 Å². The van der Waals surface area contributed by atoms with Crippen molar-refractivity contribution in [2.75, 3.05) is 7.05 Å². The third kappa shape index (κ3) is 3.68. The molecule has 0 unspecified atom stereocenters. The molecule has 0 saturated carbocycles. The highest BCUT2D eigenvalue weighted by Gasteiger charge is 2.06. The molecular weight excluding hydrogens is 284 g/mol. The van der Waals surface area contributed by atoms with Gasteiger partial charge < -0.3 is 10.1 Å². The maximum atomic E-state index is 13.7. The van der Waals surface area contributed by atoms with Crippen LogP contribution < -0.4 is 10.1 Å². The number of nitrogens with one attached hydrogen (secondary N) is 1. The maximum Gasteiger partial charge on any atom is 0.145 e. The molecule has 0 fully saturated rings. The number of hydrogen-bond acceptors (Lipinski definition) is 2. The van der Waals surface area contributed by atoms with Crippen molar-refractivity contribution in [2.24, 2.45) is 0 Å². The van der Waals surface area contributed by atoms with Crippen molar-refractivity contribution in [1.29, 1.82) is 0 Å². The predicted molar refractivity (Wildman–Crippen MR) is 74.9 cm³/mol. The molecule has 2 aromatic carbocycles. The van der Waals surface area contributed by atoms with E-state index in [2.05, 4.69) is 5.32 Å². The Morgan fingerprint density at radius 3 is 2.60 bits per heavy atom. The fourth-order valence-corrected chi connectivity index (χ4v) is 1.90. The number of benzene rings is 2. The zero-order valence-corrected chi connectivity index (χ0v) is 11.7. The Morgan fingerprint density at radius 2 is 1.90 bits per heavy atom. The van der Waals surface area contributed by atoms with Crippen molar-refractivity contribution in [2.45, 2.75) is 13.2 Å². The zero-order valence-electron chi connectivity index (χ0n) is 10.9. The van der Waals surface area contributed by atoms with Gasteiger partial charge in [-0.3, -0.25) is 0 Å². The van der Waals surface area contributed by atoms with Crippen LogP contribution in [0, 0.1) is 11.6 Å². The Kier molecular flexibility index (Phi) is 4.93. The van der Waals surface area contributed by atoms with E-state index < -0.39 is 5.82 Å². The van der Waals surface area contributed by atoms with Gasteiger partial charge in [0.15, 0.2) is 0 Å². The van der Waals surface area contributed by atoms with Gasteiger partial charge >= 0.3 is 0 Å². The van der Waals surface area contributed by atoms with Crippen molar-refractivity contribution in [3.05, 3.63) is 64.2 Å². The Balaban J connectivity index is 2.09. The van der Waals surface area contributed by atoms with E-state index >= 15 is 0 Å². The molecule has 0 amide bonds. The smallest absolute Gasteiger partial charge is 0.145 e. The minimum Gasteiger partial charge on any atom is -0.489 e. The average molecular weight is 298 g/mol. The monoisotopic (exact) mass is 297 g/mol. The Morgan fingerprint density at radius 1 is 1.10 bits per heavy atom.